The van der Waals surface area contributed by atoms with Crippen LogP contribution in [0.5, 0.6) is 0 Å². The average molecular weight is 210 g/mol. The zero-order valence-electron chi connectivity index (χ0n) is 9.59. The van der Waals surface area contributed by atoms with Crippen LogP contribution in [0.3, 0.4) is 0 Å². The van der Waals surface area contributed by atoms with E-state index in [2.05, 4.69) is 5.32 Å². The molecule has 1 amide bonds. The third kappa shape index (κ3) is 2.93. The fourth-order valence-corrected chi connectivity index (χ4v) is 1.52. The number of nitrogens with one attached hydrogen (secondary N) is 1. The second-order valence-electron chi connectivity index (χ2n) is 4.82. The van der Waals surface area contributed by atoms with Gasteiger partial charge in [0.25, 0.3) is 0 Å². The molecular weight excluding hydrogens is 192 g/mol. The van der Waals surface area contributed by atoms with Crippen molar-refractivity contribution in [3.05, 3.63) is 0 Å². The lowest BCUT2D eigenvalue weighted by Crippen LogP contribution is -2.44. The zero-order valence-corrected chi connectivity index (χ0v) is 9.59. The molecular formula is C11H18N2O2. The first-order chi connectivity index (χ1) is 6.90. The van der Waals surface area contributed by atoms with E-state index in [0.29, 0.717) is 6.54 Å². The average Bonchev–Trinajstić information content (AvgIpc) is 2.62. The van der Waals surface area contributed by atoms with E-state index in [1.807, 2.05) is 13.0 Å². The van der Waals surface area contributed by atoms with Gasteiger partial charge in [-0.25, -0.2) is 0 Å². The maximum absolute atomic E-state index is 11.6. The number of amides is 1. The third-order valence-electron chi connectivity index (χ3n) is 2.77. The van der Waals surface area contributed by atoms with Gasteiger partial charge < -0.3 is 10.1 Å². The van der Waals surface area contributed by atoms with Crippen LogP contribution < -0.4 is 5.32 Å². The van der Waals surface area contributed by atoms with E-state index < -0.39 is 5.41 Å². The third-order valence-corrected chi connectivity index (χ3v) is 2.77. The van der Waals surface area contributed by atoms with Gasteiger partial charge in [0.1, 0.15) is 5.41 Å². The molecule has 1 saturated heterocycles. The molecule has 1 atom stereocenters. The van der Waals surface area contributed by atoms with E-state index in [1.165, 1.54) is 0 Å². The number of hydrogen-bond donors (Lipinski definition) is 1. The molecule has 84 valence electrons. The molecule has 4 heteroatoms. The van der Waals surface area contributed by atoms with Crippen LogP contribution in [0.1, 0.15) is 33.6 Å². The Morgan fingerprint density at radius 2 is 2.33 bits per heavy atom. The van der Waals surface area contributed by atoms with E-state index in [9.17, 15) is 4.79 Å². The van der Waals surface area contributed by atoms with Gasteiger partial charge in [0.15, 0.2) is 0 Å². The van der Waals surface area contributed by atoms with Crippen molar-refractivity contribution >= 4 is 5.91 Å². The highest BCUT2D eigenvalue weighted by atomic mass is 16.5. The van der Waals surface area contributed by atoms with Crippen molar-refractivity contribution in [2.75, 3.05) is 13.2 Å². The van der Waals surface area contributed by atoms with E-state index in [1.54, 1.807) is 13.8 Å². The summed E-state index contributed by atoms with van der Waals surface area (Å²) in [6.07, 6.45) is 1.99. The standard InChI is InChI=1S/C11H18N2O2/c1-10(2,7-12)9(14)13-8-11(3)5-4-6-15-11/h4-6,8H2,1-3H3,(H,13,14). The second kappa shape index (κ2) is 4.19. The number of rotatable bonds is 3. The normalized spacial score (nSPS) is 26.0. The number of nitrogens with zero attached hydrogens (tertiary/aromatic N) is 1. The summed E-state index contributed by atoms with van der Waals surface area (Å²) in [6, 6.07) is 1.98. The summed E-state index contributed by atoms with van der Waals surface area (Å²) in [4.78, 5) is 11.6. The molecule has 1 aliphatic heterocycles. The molecule has 0 aliphatic carbocycles. The van der Waals surface area contributed by atoms with Crippen molar-refractivity contribution in [2.45, 2.75) is 39.2 Å². The zero-order chi connectivity index (χ0) is 11.5. The van der Waals surface area contributed by atoms with E-state index in [0.717, 1.165) is 19.4 Å². The summed E-state index contributed by atoms with van der Waals surface area (Å²) < 4.78 is 5.54. The topological polar surface area (TPSA) is 62.1 Å². The molecule has 0 spiro atoms. The lowest BCUT2D eigenvalue weighted by atomic mass is 9.94. The van der Waals surface area contributed by atoms with Crippen LogP contribution in [-0.4, -0.2) is 24.7 Å². The molecule has 0 saturated carbocycles. The van der Waals surface area contributed by atoms with Crippen molar-refractivity contribution < 1.29 is 9.53 Å². The van der Waals surface area contributed by atoms with E-state index >= 15 is 0 Å². The van der Waals surface area contributed by atoms with Crippen LogP contribution in [0.25, 0.3) is 0 Å². The highest BCUT2D eigenvalue weighted by molar-refractivity contribution is 5.84. The van der Waals surface area contributed by atoms with Crippen LogP contribution in [0.2, 0.25) is 0 Å². The van der Waals surface area contributed by atoms with Crippen LogP contribution in [0.4, 0.5) is 0 Å². The predicted octanol–water partition coefficient (Wildman–Crippen LogP) is 1.22. The van der Waals surface area contributed by atoms with Crippen LogP contribution in [0, 0.1) is 16.7 Å². The number of ether oxygens (including phenoxy) is 1. The number of hydrogen-bond acceptors (Lipinski definition) is 3. The molecule has 1 aliphatic rings. The number of nitriles is 1. The van der Waals surface area contributed by atoms with Gasteiger partial charge in [0.05, 0.1) is 11.7 Å². The summed E-state index contributed by atoms with van der Waals surface area (Å²) >= 11 is 0. The first-order valence-corrected chi connectivity index (χ1v) is 5.23. The molecule has 15 heavy (non-hydrogen) atoms. The van der Waals surface area contributed by atoms with Crippen LogP contribution in [-0.2, 0) is 9.53 Å². The van der Waals surface area contributed by atoms with Crippen molar-refractivity contribution in [3.8, 4) is 6.07 Å². The van der Waals surface area contributed by atoms with Crippen LogP contribution >= 0.6 is 0 Å². The fourth-order valence-electron chi connectivity index (χ4n) is 1.52. The van der Waals surface area contributed by atoms with Gasteiger partial charge in [0, 0.05) is 13.2 Å². The molecule has 1 fully saturated rings. The molecule has 0 aromatic rings. The Hall–Kier alpha value is -1.08. The first kappa shape index (κ1) is 12.0. The van der Waals surface area contributed by atoms with Gasteiger partial charge >= 0.3 is 0 Å². The first-order valence-electron chi connectivity index (χ1n) is 5.23. The Bertz CT molecular complexity index is 285. The molecule has 1 heterocycles. The fraction of sp³-hybridized carbons (Fsp3) is 0.818. The maximum atomic E-state index is 11.6. The summed E-state index contributed by atoms with van der Waals surface area (Å²) in [5.74, 6) is -0.235. The van der Waals surface area contributed by atoms with Crippen molar-refractivity contribution in [3.63, 3.8) is 0 Å². The highest BCUT2D eigenvalue weighted by Crippen LogP contribution is 2.24. The minimum atomic E-state index is -0.963. The summed E-state index contributed by atoms with van der Waals surface area (Å²) in [5.41, 5.74) is -1.21. The number of carbonyl (C=O) groups is 1. The van der Waals surface area contributed by atoms with Crippen molar-refractivity contribution in [1.82, 2.24) is 5.32 Å². The Kier molecular flexibility index (Phi) is 3.35. The minimum absolute atomic E-state index is 0.235. The summed E-state index contributed by atoms with van der Waals surface area (Å²) in [6.45, 7) is 6.45. The van der Waals surface area contributed by atoms with Gasteiger partial charge in [-0.15, -0.1) is 0 Å². The molecule has 0 aromatic carbocycles. The Morgan fingerprint density at radius 1 is 1.67 bits per heavy atom. The van der Waals surface area contributed by atoms with Gasteiger partial charge in [-0.2, -0.15) is 5.26 Å². The van der Waals surface area contributed by atoms with E-state index in [4.69, 9.17) is 10.00 Å². The Labute approximate surface area is 90.6 Å². The SMILES string of the molecule is CC1(CNC(=O)C(C)(C)C#N)CCCO1. The van der Waals surface area contributed by atoms with Crippen LogP contribution in [0.15, 0.2) is 0 Å². The predicted molar refractivity (Wildman–Crippen MR) is 56.0 cm³/mol. The number of carbonyl (C=O) groups excluding carboxylic acids is 1. The Morgan fingerprint density at radius 3 is 2.80 bits per heavy atom. The molecule has 1 unspecified atom stereocenters. The van der Waals surface area contributed by atoms with E-state index in [-0.39, 0.29) is 11.5 Å². The monoisotopic (exact) mass is 210 g/mol. The van der Waals surface area contributed by atoms with Gasteiger partial charge in [-0.05, 0) is 33.6 Å². The van der Waals surface area contributed by atoms with Gasteiger partial charge in [0.2, 0.25) is 5.91 Å². The summed E-state index contributed by atoms with van der Waals surface area (Å²) in [7, 11) is 0. The quantitative estimate of drug-likeness (QED) is 0.761. The Balaban J connectivity index is 2.44. The molecule has 0 bridgehead atoms. The van der Waals surface area contributed by atoms with Crippen molar-refractivity contribution in [2.24, 2.45) is 5.41 Å². The lowest BCUT2D eigenvalue weighted by Gasteiger charge is -2.25. The van der Waals surface area contributed by atoms with Crippen molar-refractivity contribution in [1.29, 1.82) is 5.26 Å². The molecule has 0 aromatic heterocycles. The van der Waals surface area contributed by atoms with Gasteiger partial charge in [-0.3, -0.25) is 4.79 Å². The molecule has 4 nitrogen and oxygen atoms in total. The lowest BCUT2D eigenvalue weighted by molar-refractivity contribution is -0.128. The summed E-state index contributed by atoms with van der Waals surface area (Å²) in [5, 5.41) is 11.5. The smallest absolute Gasteiger partial charge is 0.240 e. The second-order valence-corrected chi connectivity index (χ2v) is 4.82. The largest absolute Gasteiger partial charge is 0.373 e. The molecule has 1 N–H and O–H groups in total. The minimum Gasteiger partial charge on any atom is -0.373 e. The van der Waals surface area contributed by atoms with Gasteiger partial charge in [-0.1, -0.05) is 0 Å². The maximum Gasteiger partial charge on any atom is 0.240 e. The highest BCUT2D eigenvalue weighted by Gasteiger charge is 2.33. The molecule has 0 radical (unpaired) electrons. The molecule has 1 rings (SSSR count).